The second kappa shape index (κ2) is 17.7. The molecule has 3 heterocycles. The Bertz CT molecular complexity index is 3830. The van der Waals surface area contributed by atoms with E-state index in [2.05, 4.69) is 67.1 Å². The van der Waals surface area contributed by atoms with Crippen LogP contribution in [0, 0.1) is 46.4 Å². The zero-order chi connectivity index (χ0) is 55.6. The second-order valence-electron chi connectivity index (χ2n) is 16.2. The molecule has 0 spiro atoms. The molecule has 0 fully saturated rings. The molecule has 63 heavy (non-hydrogen) atoms. The Morgan fingerprint density at radius 1 is 0.540 bits per heavy atom. The van der Waals surface area contributed by atoms with Gasteiger partial charge in [-0.05, 0) is 134 Å². The molecule has 0 bridgehead atoms. The SMILES string of the molecule is [2H]C([2H])([2H])c1c[c-]c(-c2cc(-c3ccccc3C([2H])([2H])[2H])c(C([2H])([2H])[2H])cn2)cc1.[2H]C([2H])([2H])c1cnc(-c2[c-]ccc3c2oc2ccccc23)cc1-c1cc2ccc(-c3ccc(C(C)(C)C)cc3)cc2cc1C([2H])([2H])[2H].[Ir]. The average molecular weight is 1010 g/mol. The largest absolute Gasteiger partial charge is 0.501 e. The first-order valence-electron chi connectivity index (χ1n) is 27.6. The van der Waals surface area contributed by atoms with Gasteiger partial charge >= 0.3 is 0 Å². The van der Waals surface area contributed by atoms with Crippen LogP contribution in [-0.2, 0) is 25.5 Å². The van der Waals surface area contributed by atoms with E-state index in [1.54, 1.807) is 48.5 Å². The maximum atomic E-state index is 8.51. The maximum Gasteiger partial charge on any atom is 0.120 e. The number of nitrogens with zero attached hydrogens (tertiary/aromatic N) is 2. The number of para-hydroxylation sites is 1. The molecule has 313 valence electrons. The van der Waals surface area contributed by atoms with Gasteiger partial charge in [-0.2, -0.15) is 0 Å². The Labute approximate surface area is 406 Å². The minimum atomic E-state index is -2.54. The molecular formula is C59H50IrN2O-2. The summed E-state index contributed by atoms with van der Waals surface area (Å²) in [7, 11) is 0. The number of hydrogen-bond donors (Lipinski definition) is 0. The fourth-order valence-corrected chi connectivity index (χ4v) is 7.69. The molecule has 7 aromatic carbocycles. The second-order valence-corrected chi connectivity index (χ2v) is 16.2. The third-order valence-electron chi connectivity index (χ3n) is 11.1. The topological polar surface area (TPSA) is 38.9 Å². The first-order chi connectivity index (χ1) is 36.0. The van der Waals surface area contributed by atoms with Crippen LogP contribution in [0.2, 0.25) is 0 Å². The van der Waals surface area contributed by atoms with Gasteiger partial charge in [0.05, 0.1) is 5.58 Å². The van der Waals surface area contributed by atoms with E-state index in [4.69, 9.17) is 25.0 Å². The van der Waals surface area contributed by atoms with Crippen LogP contribution in [-0.4, -0.2) is 9.97 Å². The molecule has 0 amide bonds. The zero-order valence-corrected chi connectivity index (χ0v) is 37.0. The molecule has 0 atom stereocenters. The van der Waals surface area contributed by atoms with Crippen molar-refractivity contribution in [1.82, 2.24) is 9.97 Å². The monoisotopic (exact) mass is 1010 g/mol. The van der Waals surface area contributed by atoms with Gasteiger partial charge < -0.3 is 14.4 Å². The van der Waals surface area contributed by atoms with E-state index >= 15 is 0 Å². The number of hydrogen-bond acceptors (Lipinski definition) is 3. The van der Waals surface area contributed by atoms with Crippen LogP contribution < -0.4 is 0 Å². The van der Waals surface area contributed by atoms with Gasteiger partial charge in [0.2, 0.25) is 0 Å². The van der Waals surface area contributed by atoms with Crippen molar-refractivity contribution >= 4 is 32.7 Å². The molecule has 10 rings (SSSR count). The molecule has 0 aliphatic heterocycles. The summed E-state index contributed by atoms with van der Waals surface area (Å²) in [5.74, 6) is 0. The summed E-state index contributed by atoms with van der Waals surface area (Å²) in [6.45, 7) is -5.74. The molecule has 0 saturated heterocycles. The molecule has 3 nitrogen and oxygen atoms in total. The van der Waals surface area contributed by atoms with Gasteiger partial charge in [-0.1, -0.05) is 136 Å². The van der Waals surface area contributed by atoms with Crippen molar-refractivity contribution in [2.75, 3.05) is 0 Å². The van der Waals surface area contributed by atoms with Gasteiger partial charge in [0.25, 0.3) is 0 Å². The third kappa shape index (κ3) is 8.80. The Balaban J connectivity index is 0.000000224. The predicted octanol–water partition coefficient (Wildman–Crippen LogP) is 16.0. The molecule has 3 aromatic heterocycles. The minimum absolute atomic E-state index is 0. The number of fused-ring (bicyclic) bond motifs is 4. The van der Waals surface area contributed by atoms with Crippen molar-refractivity contribution in [3.05, 3.63) is 203 Å². The predicted molar refractivity (Wildman–Crippen MR) is 260 cm³/mol. The molecule has 0 aliphatic carbocycles. The number of aromatic nitrogens is 2. The van der Waals surface area contributed by atoms with Crippen molar-refractivity contribution in [3.8, 4) is 55.9 Å². The number of furan rings is 1. The van der Waals surface area contributed by atoms with Crippen LogP contribution in [0.25, 0.3) is 88.6 Å². The van der Waals surface area contributed by atoms with Gasteiger partial charge in [0, 0.05) is 58.4 Å². The summed E-state index contributed by atoms with van der Waals surface area (Å²) < 4.78 is 126. The van der Waals surface area contributed by atoms with E-state index < -0.39 is 34.3 Å². The summed E-state index contributed by atoms with van der Waals surface area (Å²) in [4.78, 5) is 8.76. The third-order valence-corrected chi connectivity index (χ3v) is 11.1. The molecule has 1 radical (unpaired) electrons. The summed E-state index contributed by atoms with van der Waals surface area (Å²) in [6, 6.07) is 49.1. The first kappa shape index (κ1) is 28.3. The molecule has 10 aromatic rings. The van der Waals surface area contributed by atoms with Gasteiger partial charge in [-0.25, -0.2) is 0 Å². The smallest absolute Gasteiger partial charge is 0.120 e. The van der Waals surface area contributed by atoms with Crippen molar-refractivity contribution in [1.29, 1.82) is 0 Å². The van der Waals surface area contributed by atoms with Crippen LogP contribution in [0.1, 0.15) is 74.7 Å². The van der Waals surface area contributed by atoms with E-state index in [-0.39, 0.29) is 70.0 Å². The van der Waals surface area contributed by atoms with E-state index in [1.165, 1.54) is 42.2 Å². The summed E-state index contributed by atoms with van der Waals surface area (Å²) in [5, 5.41) is 3.38. The van der Waals surface area contributed by atoms with E-state index in [1.807, 2.05) is 48.5 Å². The molecule has 4 heteroatoms. The summed E-state index contributed by atoms with van der Waals surface area (Å²) >= 11 is 0. The van der Waals surface area contributed by atoms with Crippen LogP contribution in [0.3, 0.4) is 0 Å². The van der Waals surface area contributed by atoms with Crippen molar-refractivity contribution in [3.63, 3.8) is 0 Å². The first-order valence-corrected chi connectivity index (χ1v) is 20.1. The minimum Gasteiger partial charge on any atom is -0.501 e. The molecule has 0 unspecified atom stereocenters. The maximum absolute atomic E-state index is 8.51. The Kier molecular flexibility index (Phi) is 7.96. The van der Waals surface area contributed by atoms with Crippen LogP contribution in [0.15, 0.2) is 162 Å². The van der Waals surface area contributed by atoms with Crippen LogP contribution >= 0.6 is 0 Å². The van der Waals surface area contributed by atoms with Gasteiger partial charge in [0.15, 0.2) is 0 Å². The molecule has 0 aliphatic rings. The van der Waals surface area contributed by atoms with Crippen LogP contribution in [0.4, 0.5) is 0 Å². The van der Waals surface area contributed by atoms with Gasteiger partial charge in [-0.3, -0.25) is 0 Å². The molecule has 0 saturated carbocycles. The van der Waals surface area contributed by atoms with Crippen molar-refractivity contribution in [2.24, 2.45) is 0 Å². The van der Waals surface area contributed by atoms with Gasteiger partial charge in [0.1, 0.15) is 5.58 Å². The van der Waals surface area contributed by atoms with Crippen LogP contribution in [0.5, 0.6) is 0 Å². The summed E-state index contributed by atoms with van der Waals surface area (Å²) in [5.41, 5.74) is 7.62. The molecule has 0 N–H and O–H groups in total. The van der Waals surface area contributed by atoms with Crippen molar-refractivity contribution < 1.29 is 45.1 Å². The number of rotatable bonds is 5. The Morgan fingerprint density at radius 3 is 1.98 bits per heavy atom. The Morgan fingerprint density at radius 2 is 1.24 bits per heavy atom. The average Bonchev–Trinajstić information content (AvgIpc) is 3.95. The number of benzene rings is 7. The Hall–Kier alpha value is -6.45. The van der Waals surface area contributed by atoms with E-state index in [0.29, 0.717) is 39.2 Å². The number of pyridine rings is 2. The fraction of sp³-hybridized carbons (Fsp3) is 0.153. The summed E-state index contributed by atoms with van der Waals surface area (Å²) in [6.07, 6.45) is 2.53. The number of aryl methyl sites for hydroxylation is 5. The fourth-order valence-electron chi connectivity index (χ4n) is 7.69. The van der Waals surface area contributed by atoms with E-state index in [9.17, 15) is 0 Å². The normalized spacial score (nSPS) is 15.9. The van der Waals surface area contributed by atoms with Crippen molar-refractivity contribution in [2.45, 2.75) is 60.4 Å². The molecular weight excluding hydrogens is 945 g/mol. The quantitative estimate of drug-likeness (QED) is 0.161. The standard InChI is InChI=1S/C39H32NO.C20H18N.Ir/c1-24-19-29-20-27(26-15-17-30(18-16-26)39(3,4)5)13-14-28(29)21-34(24)35-22-36(40-23-25(35)2)33-11-8-10-32-31-9-6-7-12-37(31)41-38(32)33;1-14-8-10-17(11-9-14)20-12-19(16(3)13-21-20)18-7-5-4-6-15(18)2;/h6-10,12-23H,1-5H3;4-10,12-13H,1-3H3;/q2*-1;/i1D3,2D3;1D3,2D3,3D3;. The van der Waals surface area contributed by atoms with Gasteiger partial charge in [-0.15, -0.1) is 53.6 Å². The zero-order valence-electron chi connectivity index (χ0n) is 49.6. The van der Waals surface area contributed by atoms with E-state index in [0.717, 1.165) is 32.7 Å².